The molecule has 5 heteroatoms. The van der Waals surface area contributed by atoms with Gasteiger partial charge in [0.1, 0.15) is 0 Å². The lowest BCUT2D eigenvalue weighted by Crippen LogP contribution is -2.43. The number of carbonyl (C=O) groups is 1. The van der Waals surface area contributed by atoms with Crippen LogP contribution in [0.15, 0.2) is 24.3 Å². The van der Waals surface area contributed by atoms with Crippen molar-refractivity contribution in [2.75, 3.05) is 11.9 Å². The van der Waals surface area contributed by atoms with Crippen LogP contribution in [0.25, 0.3) is 0 Å². The first-order valence-corrected chi connectivity index (χ1v) is 5.93. The van der Waals surface area contributed by atoms with Gasteiger partial charge in [0, 0.05) is 10.7 Å². The molecule has 0 spiro atoms. The van der Waals surface area contributed by atoms with E-state index < -0.39 is 0 Å². The zero-order valence-corrected chi connectivity index (χ0v) is 11.0. The molecule has 3 nitrogen and oxygen atoms in total. The third-order valence-corrected chi connectivity index (χ3v) is 2.99. The van der Waals surface area contributed by atoms with Crippen molar-refractivity contribution in [3.8, 4) is 0 Å². The van der Waals surface area contributed by atoms with Gasteiger partial charge in [0.2, 0.25) is 5.91 Å². The Morgan fingerprint density at radius 1 is 1.29 bits per heavy atom. The molecule has 1 fully saturated rings. The maximum atomic E-state index is 11.8. The lowest BCUT2D eigenvalue weighted by molar-refractivity contribution is -0.118. The summed E-state index contributed by atoms with van der Waals surface area (Å²) in [6, 6.07) is 7.10. The Kier molecular flexibility index (Phi) is 5.75. The molecule has 0 aromatic heterocycles. The third kappa shape index (κ3) is 4.19. The van der Waals surface area contributed by atoms with Crippen molar-refractivity contribution in [1.29, 1.82) is 0 Å². The number of nitrogens with one attached hydrogen (secondary N) is 2. The second kappa shape index (κ2) is 6.84. The van der Waals surface area contributed by atoms with Gasteiger partial charge in [-0.25, -0.2) is 0 Å². The molecule has 1 heterocycles. The van der Waals surface area contributed by atoms with E-state index in [4.69, 9.17) is 11.6 Å². The van der Waals surface area contributed by atoms with Crippen LogP contribution in [0.4, 0.5) is 5.69 Å². The third-order valence-electron chi connectivity index (χ3n) is 2.74. The predicted octanol–water partition coefficient (Wildman–Crippen LogP) is 2.84. The fourth-order valence-electron chi connectivity index (χ4n) is 1.84. The van der Waals surface area contributed by atoms with Gasteiger partial charge in [0.05, 0.1) is 6.04 Å². The largest absolute Gasteiger partial charge is 0.325 e. The fraction of sp³-hybridized carbons (Fsp3) is 0.417. The minimum absolute atomic E-state index is 0. The van der Waals surface area contributed by atoms with Crippen molar-refractivity contribution in [1.82, 2.24) is 5.32 Å². The van der Waals surface area contributed by atoms with Crippen LogP contribution in [0.3, 0.4) is 0 Å². The van der Waals surface area contributed by atoms with E-state index in [1.807, 2.05) is 12.1 Å². The molecule has 1 aliphatic rings. The first kappa shape index (κ1) is 14.3. The smallest absolute Gasteiger partial charge is 0.241 e. The summed E-state index contributed by atoms with van der Waals surface area (Å²) in [6.07, 6.45) is 3.19. The highest BCUT2D eigenvalue weighted by Gasteiger charge is 2.20. The molecule has 0 radical (unpaired) electrons. The average molecular weight is 275 g/mol. The Hall–Kier alpha value is -0.770. The second-order valence-electron chi connectivity index (χ2n) is 4.00. The standard InChI is InChI=1S/C12H15ClN2O.ClH/c13-9-4-6-10(7-5-9)15-12(16)11-3-1-2-8-14-11;/h4-7,11,14H,1-3,8H2,(H,15,16);1H/t11-;/m1./s1. The summed E-state index contributed by atoms with van der Waals surface area (Å²) in [5.74, 6) is 0.0435. The molecule has 0 unspecified atom stereocenters. The zero-order chi connectivity index (χ0) is 11.4. The van der Waals surface area contributed by atoms with Crippen LogP contribution in [0.1, 0.15) is 19.3 Å². The van der Waals surface area contributed by atoms with Crippen molar-refractivity contribution in [2.24, 2.45) is 0 Å². The summed E-state index contributed by atoms with van der Waals surface area (Å²) in [7, 11) is 0. The first-order chi connectivity index (χ1) is 7.75. The second-order valence-corrected chi connectivity index (χ2v) is 4.44. The summed E-state index contributed by atoms with van der Waals surface area (Å²) in [5.41, 5.74) is 0.793. The monoisotopic (exact) mass is 274 g/mol. The summed E-state index contributed by atoms with van der Waals surface area (Å²) in [6.45, 7) is 0.929. The Morgan fingerprint density at radius 2 is 2.00 bits per heavy atom. The first-order valence-electron chi connectivity index (χ1n) is 5.55. The number of benzene rings is 1. The Morgan fingerprint density at radius 3 is 2.59 bits per heavy atom. The van der Waals surface area contributed by atoms with E-state index >= 15 is 0 Å². The highest BCUT2D eigenvalue weighted by molar-refractivity contribution is 6.30. The number of rotatable bonds is 2. The molecule has 2 N–H and O–H groups in total. The normalized spacial score (nSPS) is 19.2. The topological polar surface area (TPSA) is 41.1 Å². The van der Waals surface area contributed by atoms with Gasteiger partial charge in [-0.1, -0.05) is 18.0 Å². The Bertz CT molecular complexity index is 361. The van der Waals surface area contributed by atoms with Gasteiger partial charge in [0.15, 0.2) is 0 Å². The molecule has 0 aliphatic carbocycles. The van der Waals surface area contributed by atoms with Gasteiger partial charge in [-0.05, 0) is 43.7 Å². The minimum Gasteiger partial charge on any atom is -0.325 e. The lowest BCUT2D eigenvalue weighted by Gasteiger charge is -2.22. The highest BCUT2D eigenvalue weighted by Crippen LogP contribution is 2.15. The van der Waals surface area contributed by atoms with Crippen molar-refractivity contribution in [2.45, 2.75) is 25.3 Å². The van der Waals surface area contributed by atoms with Gasteiger partial charge in [-0.3, -0.25) is 4.79 Å². The molecule has 1 aliphatic heterocycles. The van der Waals surface area contributed by atoms with Crippen LogP contribution in [-0.4, -0.2) is 18.5 Å². The summed E-state index contributed by atoms with van der Waals surface area (Å²) in [4.78, 5) is 11.8. The van der Waals surface area contributed by atoms with Crippen molar-refractivity contribution < 1.29 is 4.79 Å². The number of carbonyl (C=O) groups excluding carboxylic acids is 1. The molecule has 17 heavy (non-hydrogen) atoms. The van der Waals surface area contributed by atoms with Gasteiger partial charge in [0.25, 0.3) is 0 Å². The van der Waals surface area contributed by atoms with Crippen molar-refractivity contribution >= 4 is 35.6 Å². The van der Waals surface area contributed by atoms with E-state index in [9.17, 15) is 4.79 Å². The minimum atomic E-state index is -0.0515. The van der Waals surface area contributed by atoms with Crippen LogP contribution in [0.5, 0.6) is 0 Å². The molecule has 1 atom stereocenters. The quantitative estimate of drug-likeness (QED) is 0.871. The molecular weight excluding hydrogens is 259 g/mol. The molecular formula is C12H16Cl2N2O. The number of halogens is 2. The molecule has 1 amide bonds. The Balaban J connectivity index is 0.00000144. The lowest BCUT2D eigenvalue weighted by atomic mass is 10.0. The number of piperidine rings is 1. The van der Waals surface area contributed by atoms with Crippen LogP contribution in [0, 0.1) is 0 Å². The summed E-state index contributed by atoms with van der Waals surface area (Å²) < 4.78 is 0. The fourth-order valence-corrected chi connectivity index (χ4v) is 1.96. The molecule has 1 saturated heterocycles. The number of anilines is 1. The van der Waals surface area contributed by atoms with Gasteiger partial charge < -0.3 is 10.6 Å². The number of amides is 1. The van der Waals surface area contributed by atoms with Crippen LogP contribution >= 0.6 is 24.0 Å². The molecule has 0 saturated carbocycles. The zero-order valence-electron chi connectivity index (χ0n) is 9.41. The van der Waals surface area contributed by atoms with E-state index in [1.165, 1.54) is 0 Å². The van der Waals surface area contributed by atoms with Gasteiger partial charge in [-0.15, -0.1) is 12.4 Å². The molecule has 94 valence electrons. The van der Waals surface area contributed by atoms with E-state index in [1.54, 1.807) is 12.1 Å². The van der Waals surface area contributed by atoms with E-state index in [0.29, 0.717) is 5.02 Å². The molecule has 1 aromatic carbocycles. The SMILES string of the molecule is Cl.O=C(Nc1ccc(Cl)cc1)[C@H]1CCCCN1. The van der Waals surface area contributed by atoms with Crippen LogP contribution in [0.2, 0.25) is 5.02 Å². The van der Waals surface area contributed by atoms with E-state index in [2.05, 4.69) is 10.6 Å². The predicted molar refractivity (Wildman–Crippen MR) is 73.0 cm³/mol. The highest BCUT2D eigenvalue weighted by atomic mass is 35.5. The van der Waals surface area contributed by atoms with Crippen LogP contribution < -0.4 is 10.6 Å². The van der Waals surface area contributed by atoms with Crippen molar-refractivity contribution in [3.05, 3.63) is 29.3 Å². The van der Waals surface area contributed by atoms with Crippen molar-refractivity contribution in [3.63, 3.8) is 0 Å². The maximum absolute atomic E-state index is 11.8. The molecule has 1 aromatic rings. The van der Waals surface area contributed by atoms with Gasteiger partial charge >= 0.3 is 0 Å². The molecule has 2 rings (SSSR count). The van der Waals surface area contributed by atoms with Crippen LogP contribution in [-0.2, 0) is 4.79 Å². The average Bonchev–Trinajstić information content (AvgIpc) is 2.33. The molecule has 0 bridgehead atoms. The maximum Gasteiger partial charge on any atom is 0.241 e. The number of hydrogen-bond donors (Lipinski definition) is 2. The summed E-state index contributed by atoms with van der Waals surface area (Å²) >= 11 is 5.77. The number of hydrogen-bond acceptors (Lipinski definition) is 2. The van der Waals surface area contributed by atoms with E-state index in [-0.39, 0.29) is 24.4 Å². The summed E-state index contributed by atoms with van der Waals surface area (Å²) in [5, 5.41) is 6.77. The Labute approximate surface area is 112 Å². The van der Waals surface area contributed by atoms with Gasteiger partial charge in [-0.2, -0.15) is 0 Å². The van der Waals surface area contributed by atoms with E-state index in [0.717, 1.165) is 31.5 Å².